The van der Waals surface area contributed by atoms with E-state index in [0.29, 0.717) is 17.8 Å². The van der Waals surface area contributed by atoms with Crippen LogP contribution in [0.15, 0.2) is 18.2 Å². The van der Waals surface area contributed by atoms with E-state index in [1.807, 2.05) is 12.1 Å². The number of piperazine rings is 1. The van der Waals surface area contributed by atoms with Gasteiger partial charge in [0.2, 0.25) is 0 Å². The van der Waals surface area contributed by atoms with Crippen LogP contribution in [-0.4, -0.2) is 43.7 Å². The highest BCUT2D eigenvalue weighted by Crippen LogP contribution is 2.32. The van der Waals surface area contributed by atoms with Gasteiger partial charge in [-0.05, 0) is 37.9 Å². The van der Waals surface area contributed by atoms with E-state index in [1.54, 1.807) is 0 Å². The second kappa shape index (κ2) is 6.22. The SMILES string of the molecule is CCC1CN2CCCCC2CN1c1ccc(F)c(OC)c1. The summed E-state index contributed by atoms with van der Waals surface area (Å²) in [7, 11) is 1.53. The molecule has 2 saturated heterocycles. The Morgan fingerprint density at radius 2 is 2.14 bits per heavy atom. The smallest absolute Gasteiger partial charge is 0.165 e. The van der Waals surface area contributed by atoms with E-state index in [1.165, 1.54) is 39.0 Å². The Morgan fingerprint density at radius 1 is 1.29 bits per heavy atom. The Kier molecular flexibility index (Phi) is 4.34. The summed E-state index contributed by atoms with van der Waals surface area (Å²) in [5, 5.41) is 0. The lowest BCUT2D eigenvalue weighted by molar-refractivity contribution is 0.111. The fourth-order valence-electron chi connectivity index (χ4n) is 3.75. The normalized spacial score (nSPS) is 26.5. The first-order valence-electron chi connectivity index (χ1n) is 8.07. The number of anilines is 1. The molecule has 1 aromatic carbocycles. The van der Waals surface area contributed by atoms with Crippen LogP contribution in [0.5, 0.6) is 5.75 Å². The standard InChI is InChI=1S/C17H25FN2O/c1-3-13-11-19-9-5-4-6-15(19)12-20(13)14-7-8-16(18)17(10-14)21-2/h7-8,10,13,15H,3-6,9,11-12H2,1-2H3. The number of benzene rings is 1. The van der Waals surface area contributed by atoms with Crippen molar-refractivity contribution in [1.29, 1.82) is 0 Å². The number of hydrogen-bond donors (Lipinski definition) is 0. The zero-order chi connectivity index (χ0) is 14.8. The molecule has 2 fully saturated rings. The Labute approximate surface area is 126 Å². The van der Waals surface area contributed by atoms with Crippen LogP contribution >= 0.6 is 0 Å². The Bertz CT molecular complexity index is 494. The summed E-state index contributed by atoms with van der Waals surface area (Å²) in [6.45, 7) is 5.65. The maximum absolute atomic E-state index is 13.6. The average Bonchev–Trinajstić information content (AvgIpc) is 2.54. The number of nitrogens with zero attached hydrogens (tertiary/aromatic N) is 2. The van der Waals surface area contributed by atoms with Crippen molar-refractivity contribution in [3.8, 4) is 5.75 Å². The Balaban J connectivity index is 1.85. The molecule has 1 aromatic rings. The topological polar surface area (TPSA) is 15.7 Å². The minimum atomic E-state index is -0.286. The van der Waals surface area contributed by atoms with E-state index in [-0.39, 0.29) is 5.82 Å². The molecule has 0 saturated carbocycles. The molecule has 2 aliphatic heterocycles. The van der Waals surface area contributed by atoms with Crippen LogP contribution in [0.3, 0.4) is 0 Å². The van der Waals surface area contributed by atoms with E-state index in [0.717, 1.165) is 25.2 Å². The largest absolute Gasteiger partial charge is 0.494 e. The predicted octanol–water partition coefficient (Wildman–Crippen LogP) is 3.29. The van der Waals surface area contributed by atoms with Gasteiger partial charge in [0.25, 0.3) is 0 Å². The van der Waals surface area contributed by atoms with Crippen molar-refractivity contribution in [2.24, 2.45) is 0 Å². The van der Waals surface area contributed by atoms with Gasteiger partial charge in [0.15, 0.2) is 11.6 Å². The number of hydrogen-bond acceptors (Lipinski definition) is 3. The minimum Gasteiger partial charge on any atom is -0.494 e. The van der Waals surface area contributed by atoms with Gasteiger partial charge in [-0.15, -0.1) is 0 Å². The van der Waals surface area contributed by atoms with Crippen molar-refractivity contribution in [2.75, 3.05) is 31.6 Å². The molecule has 4 heteroatoms. The predicted molar refractivity (Wildman–Crippen MR) is 83.6 cm³/mol. The number of piperidine rings is 1. The molecule has 2 unspecified atom stereocenters. The molecule has 0 bridgehead atoms. The summed E-state index contributed by atoms with van der Waals surface area (Å²) in [6, 6.07) is 6.41. The average molecular weight is 292 g/mol. The first kappa shape index (κ1) is 14.6. The summed E-state index contributed by atoms with van der Waals surface area (Å²) < 4.78 is 18.8. The maximum Gasteiger partial charge on any atom is 0.165 e. The third-order valence-corrected chi connectivity index (χ3v) is 4.98. The molecule has 0 spiro atoms. The molecule has 0 aromatic heterocycles. The van der Waals surface area contributed by atoms with Crippen LogP contribution in [0, 0.1) is 5.82 Å². The van der Waals surface area contributed by atoms with Crippen molar-refractivity contribution >= 4 is 5.69 Å². The molecule has 21 heavy (non-hydrogen) atoms. The molecular weight excluding hydrogens is 267 g/mol. The molecule has 2 aliphatic rings. The van der Waals surface area contributed by atoms with Crippen molar-refractivity contribution in [1.82, 2.24) is 4.90 Å². The van der Waals surface area contributed by atoms with Gasteiger partial charge in [0.05, 0.1) is 7.11 Å². The van der Waals surface area contributed by atoms with E-state index in [2.05, 4.69) is 16.7 Å². The van der Waals surface area contributed by atoms with Crippen LogP contribution < -0.4 is 9.64 Å². The van der Waals surface area contributed by atoms with Gasteiger partial charge >= 0.3 is 0 Å². The van der Waals surface area contributed by atoms with Gasteiger partial charge in [-0.3, -0.25) is 4.90 Å². The van der Waals surface area contributed by atoms with Crippen molar-refractivity contribution in [2.45, 2.75) is 44.7 Å². The molecule has 0 N–H and O–H groups in total. The van der Waals surface area contributed by atoms with Gasteiger partial charge in [0, 0.05) is 36.9 Å². The molecule has 3 nitrogen and oxygen atoms in total. The second-order valence-electron chi connectivity index (χ2n) is 6.18. The summed E-state index contributed by atoms with van der Waals surface area (Å²) in [5.74, 6) is 0.0547. The quantitative estimate of drug-likeness (QED) is 0.850. The third kappa shape index (κ3) is 2.86. The number of ether oxygens (including phenoxy) is 1. The zero-order valence-electron chi connectivity index (χ0n) is 13.0. The number of halogens is 1. The van der Waals surface area contributed by atoms with Crippen LogP contribution in [0.25, 0.3) is 0 Å². The van der Waals surface area contributed by atoms with Gasteiger partial charge < -0.3 is 9.64 Å². The van der Waals surface area contributed by atoms with Crippen LogP contribution in [0.4, 0.5) is 10.1 Å². The number of methoxy groups -OCH3 is 1. The van der Waals surface area contributed by atoms with Gasteiger partial charge in [-0.25, -0.2) is 4.39 Å². The zero-order valence-corrected chi connectivity index (χ0v) is 13.0. The first-order valence-corrected chi connectivity index (χ1v) is 8.07. The molecule has 3 rings (SSSR count). The highest BCUT2D eigenvalue weighted by Gasteiger charge is 2.34. The third-order valence-electron chi connectivity index (χ3n) is 4.98. The lowest BCUT2D eigenvalue weighted by Gasteiger charge is -2.49. The van der Waals surface area contributed by atoms with E-state index in [9.17, 15) is 4.39 Å². The highest BCUT2D eigenvalue weighted by atomic mass is 19.1. The maximum atomic E-state index is 13.6. The summed E-state index contributed by atoms with van der Waals surface area (Å²) >= 11 is 0. The molecule has 116 valence electrons. The molecule has 0 radical (unpaired) electrons. The minimum absolute atomic E-state index is 0.286. The van der Waals surface area contributed by atoms with Crippen LogP contribution in [0.1, 0.15) is 32.6 Å². The molecule has 0 amide bonds. The van der Waals surface area contributed by atoms with Crippen LogP contribution in [0.2, 0.25) is 0 Å². The van der Waals surface area contributed by atoms with Gasteiger partial charge in [-0.1, -0.05) is 13.3 Å². The van der Waals surface area contributed by atoms with E-state index >= 15 is 0 Å². The number of rotatable bonds is 3. The summed E-state index contributed by atoms with van der Waals surface area (Å²) in [6.07, 6.45) is 5.06. The van der Waals surface area contributed by atoms with E-state index < -0.39 is 0 Å². The fraction of sp³-hybridized carbons (Fsp3) is 0.647. The molecule has 2 atom stereocenters. The molecule has 0 aliphatic carbocycles. The van der Waals surface area contributed by atoms with Crippen molar-refractivity contribution in [3.63, 3.8) is 0 Å². The second-order valence-corrected chi connectivity index (χ2v) is 6.18. The highest BCUT2D eigenvalue weighted by molar-refractivity contribution is 5.53. The van der Waals surface area contributed by atoms with Crippen LogP contribution in [-0.2, 0) is 0 Å². The summed E-state index contributed by atoms with van der Waals surface area (Å²) in [4.78, 5) is 5.10. The number of fused-ring (bicyclic) bond motifs is 1. The lowest BCUT2D eigenvalue weighted by atomic mass is 9.95. The Hall–Kier alpha value is -1.29. The van der Waals surface area contributed by atoms with Gasteiger partial charge in [-0.2, -0.15) is 0 Å². The van der Waals surface area contributed by atoms with E-state index in [4.69, 9.17) is 4.74 Å². The van der Waals surface area contributed by atoms with Crippen molar-refractivity contribution < 1.29 is 9.13 Å². The van der Waals surface area contributed by atoms with Crippen molar-refractivity contribution in [3.05, 3.63) is 24.0 Å². The first-order chi connectivity index (χ1) is 10.2. The summed E-state index contributed by atoms with van der Waals surface area (Å²) in [5.41, 5.74) is 1.09. The fourth-order valence-corrected chi connectivity index (χ4v) is 3.75. The lowest BCUT2D eigenvalue weighted by Crippen LogP contribution is -2.59. The monoisotopic (exact) mass is 292 g/mol. The molecule has 2 heterocycles. The molecular formula is C17H25FN2O. The van der Waals surface area contributed by atoms with Gasteiger partial charge in [0.1, 0.15) is 0 Å². The Morgan fingerprint density at radius 3 is 2.90 bits per heavy atom.